The Balaban J connectivity index is 0.000000273. The molecule has 3 heteroatoms. The summed E-state index contributed by atoms with van der Waals surface area (Å²) in [4.78, 5) is 14.1. The topological polar surface area (TPSA) is 32.3 Å². The second-order valence-corrected chi connectivity index (χ2v) is 9.08. The van der Waals surface area contributed by atoms with Gasteiger partial charge in [0.2, 0.25) is 0 Å². The van der Waals surface area contributed by atoms with E-state index >= 15 is 0 Å². The van der Waals surface area contributed by atoms with Gasteiger partial charge in [-0.05, 0) is 31.7 Å². The monoisotopic (exact) mass is 366 g/mol. The Hall–Kier alpha value is -0.410. The van der Waals surface area contributed by atoms with E-state index in [0.29, 0.717) is 11.7 Å². The third kappa shape index (κ3) is 11.3. The Morgan fingerprint density at radius 2 is 1.54 bits per heavy atom. The number of nitrogens with one attached hydrogen (secondary N) is 1. The van der Waals surface area contributed by atoms with Crippen LogP contribution in [0.4, 0.5) is 0 Å². The first-order chi connectivity index (χ1) is 12.5. The van der Waals surface area contributed by atoms with Gasteiger partial charge in [0.25, 0.3) is 0 Å². The van der Waals surface area contributed by atoms with E-state index in [9.17, 15) is 4.79 Å². The van der Waals surface area contributed by atoms with Crippen molar-refractivity contribution >= 4 is 5.78 Å². The summed E-state index contributed by atoms with van der Waals surface area (Å²) in [6.07, 6.45) is 13.3. The van der Waals surface area contributed by atoms with Gasteiger partial charge in [0.05, 0.1) is 0 Å². The maximum Gasteiger partial charge on any atom is 0.138 e. The summed E-state index contributed by atoms with van der Waals surface area (Å²) in [6.45, 7) is 14.9. The summed E-state index contributed by atoms with van der Waals surface area (Å²) in [5.41, 5.74) is 0. The summed E-state index contributed by atoms with van der Waals surface area (Å²) >= 11 is 0. The summed E-state index contributed by atoms with van der Waals surface area (Å²) in [6, 6.07) is 0. The molecule has 154 valence electrons. The lowest BCUT2D eigenvalue weighted by Crippen LogP contribution is -2.43. The molecule has 2 aliphatic rings. The number of hydrogen-bond donors (Lipinski definition) is 1. The average molecular weight is 367 g/mol. The Bertz CT molecular complexity index is 342. The predicted molar refractivity (Wildman–Crippen MR) is 114 cm³/mol. The lowest BCUT2D eigenvalue weighted by molar-refractivity contribution is -0.126. The van der Waals surface area contributed by atoms with Gasteiger partial charge in [0.1, 0.15) is 5.78 Å². The molecule has 0 aromatic heterocycles. The largest absolute Gasteiger partial charge is 0.314 e. The second kappa shape index (κ2) is 14.6. The Morgan fingerprint density at radius 3 is 2.12 bits per heavy atom. The van der Waals surface area contributed by atoms with Gasteiger partial charge >= 0.3 is 0 Å². The highest BCUT2D eigenvalue weighted by Gasteiger charge is 2.22. The first-order valence-electron chi connectivity index (χ1n) is 11.5. The van der Waals surface area contributed by atoms with Crippen molar-refractivity contribution < 1.29 is 4.79 Å². The molecular formula is C23H46N2O. The summed E-state index contributed by atoms with van der Waals surface area (Å²) in [5.74, 6) is 2.03. The highest BCUT2D eigenvalue weighted by molar-refractivity contribution is 5.82. The van der Waals surface area contributed by atoms with Crippen molar-refractivity contribution in [1.29, 1.82) is 0 Å². The SMILES string of the molecule is CC(C)C(=O)C1CCCCC1.CC(C)CCCCCCN1CCNCC1. The van der Waals surface area contributed by atoms with Crippen molar-refractivity contribution in [1.82, 2.24) is 10.2 Å². The van der Waals surface area contributed by atoms with Gasteiger partial charge in [-0.2, -0.15) is 0 Å². The van der Waals surface area contributed by atoms with Crippen LogP contribution in [0, 0.1) is 17.8 Å². The molecule has 2 rings (SSSR count). The number of nitrogens with zero attached hydrogens (tertiary/aromatic N) is 1. The summed E-state index contributed by atoms with van der Waals surface area (Å²) in [5, 5.41) is 3.40. The van der Waals surface area contributed by atoms with Gasteiger partial charge in [-0.25, -0.2) is 0 Å². The van der Waals surface area contributed by atoms with Crippen LogP contribution in [-0.4, -0.2) is 43.4 Å². The number of Topliss-reactive ketones (excluding diaryl/α,β-unsaturated/α-hetero) is 1. The van der Waals surface area contributed by atoms with Gasteiger partial charge in [0.15, 0.2) is 0 Å². The highest BCUT2D eigenvalue weighted by Crippen LogP contribution is 2.26. The molecule has 1 saturated carbocycles. The maximum absolute atomic E-state index is 11.5. The van der Waals surface area contributed by atoms with Crippen molar-refractivity contribution in [3.63, 3.8) is 0 Å². The molecule has 1 heterocycles. The van der Waals surface area contributed by atoms with Crippen LogP contribution < -0.4 is 5.32 Å². The van der Waals surface area contributed by atoms with Crippen molar-refractivity contribution in [3.8, 4) is 0 Å². The molecule has 1 aliphatic heterocycles. The highest BCUT2D eigenvalue weighted by atomic mass is 16.1. The van der Waals surface area contributed by atoms with Crippen LogP contribution in [0.2, 0.25) is 0 Å². The fraction of sp³-hybridized carbons (Fsp3) is 0.957. The zero-order valence-electron chi connectivity index (χ0n) is 18.2. The van der Waals surface area contributed by atoms with Gasteiger partial charge in [-0.15, -0.1) is 0 Å². The number of unbranched alkanes of at least 4 members (excludes halogenated alkanes) is 3. The maximum atomic E-state index is 11.5. The van der Waals surface area contributed by atoms with E-state index in [1.54, 1.807) is 0 Å². The minimum absolute atomic E-state index is 0.248. The van der Waals surface area contributed by atoms with E-state index in [-0.39, 0.29) is 5.92 Å². The Labute approximate surface area is 163 Å². The molecule has 0 radical (unpaired) electrons. The zero-order chi connectivity index (χ0) is 19.2. The number of rotatable bonds is 9. The van der Waals surface area contributed by atoms with Crippen LogP contribution in [0.5, 0.6) is 0 Å². The second-order valence-electron chi connectivity index (χ2n) is 9.08. The van der Waals surface area contributed by atoms with E-state index in [1.807, 2.05) is 13.8 Å². The predicted octanol–water partition coefficient (Wildman–Crippen LogP) is 5.29. The van der Waals surface area contributed by atoms with Crippen LogP contribution in [0.25, 0.3) is 0 Å². The minimum Gasteiger partial charge on any atom is -0.314 e. The molecule has 1 saturated heterocycles. The normalized spacial score (nSPS) is 19.5. The first kappa shape index (κ1) is 23.6. The molecule has 0 amide bonds. The minimum atomic E-state index is 0.248. The Morgan fingerprint density at radius 1 is 0.923 bits per heavy atom. The standard InChI is InChI=1S/C13H28N2.C10H18O/c1-13(2)7-5-3-4-6-10-15-11-8-14-9-12-15;1-8(2)10(11)9-6-4-3-5-7-9/h13-14H,3-12H2,1-2H3;8-9H,3-7H2,1-2H3. The van der Waals surface area contributed by atoms with E-state index in [1.165, 1.54) is 84.1 Å². The summed E-state index contributed by atoms with van der Waals surface area (Å²) in [7, 11) is 0. The third-order valence-electron chi connectivity index (χ3n) is 5.79. The van der Waals surface area contributed by atoms with Gasteiger partial charge < -0.3 is 10.2 Å². The average Bonchev–Trinajstić information content (AvgIpc) is 2.65. The molecule has 2 fully saturated rings. The van der Waals surface area contributed by atoms with Crippen molar-refractivity contribution in [2.45, 2.75) is 91.9 Å². The molecule has 26 heavy (non-hydrogen) atoms. The quantitative estimate of drug-likeness (QED) is 0.563. The van der Waals surface area contributed by atoms with Crippen molar-refractivity contribution in [2.24, 2.45) is 17.8 Å². The van der Waals surface area contributed by atoms with E-state index in [2.05, 4.69) is 24.1 Å². The molecule has 1 N–H and O–H groups in total. The van der Waals surface area contributed by atoms with Crippen LogP contribution in [-0.2, 0) is 4.79 Å². The molecule has 3 nitrogen and oxygen atoms in total. The Kier molecular flexibility index (Phi) is 13.3. The van der Waals surface area contributed by atoms with Crippen LogP contribution in [0.15, 0.2) is 0 Å². The number of carbonyl (C=O) groups excluding carboxylic acids is 1. The van der Waals surface area contributed by atoms with Crippen LogP contribution in [0.3, 0.4) is 0 Å². The fourth-order valence-electron chi connectivity index (χ4n) is 4.03. The molecule has 0 atom stereocenters. The van der Waals surface area contributed by atoms with Crippen molar-refractivity contribution in [3.05, 3.63) is 0 Å². The van der Waals surface area contributed by atoms with Crippen LogP contribution in [0.1, 0.15) is 91.9 Å². The molecule has 0 bridgehead atoms. The fourth-order valence-corrected chi connectivity index (χ4v) is 4.03. The zero-order valence-corrected chi connectivity index (χ0v) is 18.2. The smallest absolute Gasteiger partial charge is 0.138 e. The lowest BCUT2D eigenvalue weighted by atomic mass is 9.83. The molecule has 0 unspecified atom stereocenters. The van der Waals surface area contributed by atoms with E-state index < -0.39 is 0 Å². The molecular weight excluding hydrogens is 320 g/mol. The molecule has 0 aromatic rings. The summed E-state index contributed by atoms with van der Waals surface area (Å²) < 4.78 is 0. The molecule has 1 aliphatic carbocycles. The number of piperazine rings is 1. The van der Waals surface area contributed by atoms with Gasteiger partial charge in [0, 0.05) is 38.0 Å². The van der Waals surface area contributed by atoms with Crippen LogP contribution >= 0.6 is 0 Å². The first-order valence-corrected chi connectivity index (χ1v) is 11.5. The third-order valence-corrected chi connectivity index (χ3v) is 5.79. The molecule has 0 aromatic carbocycles. The van der Waals surface area contributed by atoms with E-state index in [4.69, 9.17) is 0 Å². The molecule has 0 spiro atoms. The van der Waals surface area contributed by atoms with Gasteiger partial charge in [-0.3, -0.25) is 4.79 Å². The number of hydrogen-bond acceptors (Lipinski definition) is 3. The number of carbonyl (C=O) groups is 1. The lowest BCUT2D eigenvalue weighted by Gasteiger charge is -2.27. The van der Waals surface area contributed by atoms with Gasteiger partial charge in [-0.1, -0.05) is 72.6 Å². The van der Waals surface area contributed by atoms with Crippen molar-refractivity contribution in [2.75, 3.05) is 32.7 Å². The number of ketones is 1. The van der Waals surface area contributed by atoms with E-state index in [0.717, 1.165) is 18.8 Å².